The lowest BCUT2D eigenvalue weighted by Gasteiger charge is -2.09. The molecular formula is C10H13FN2O3S. The predicted molar refractivity (Wildman–Crippen MR) is 60.4 cm³/mol. The highest BCUT2D eigenvalue weighted by molar-refractivity contribution is 7.89. The van der Waals surface area contributed by atoms with Crippen LogP contribution in [-0.2, 0) is 10.0 Å². The molecule has 0 bridgehead atoms. The molecule has 0 aliphatic rings. The molecule has 3 N–H and O–H groups in total. The van der Waals surface area contributed by atoms with Gasteiger partial charge in [-0.1, -0.05) is 0 Å². The average molecular weight is 260 g/mol. The van der Waals surface area contributed by atoms with E-state index in [1.54, 1.807) is 13.8 Å². The molecule has 0 heterocycles. The Labute approximate surface area is 98.9 Å². The van der Waals surface area contributed by atoms with Gasteiger partial charge in [0.15, 0.2) is 0 Å². The Morgan fingerprint density at radius 1 is 1.41 bits per heavy atom. The van der Waals surface area contributed by atoms with Crippen molar-refractivity contribution in [3.8, 4) is 0 Å². The van der Waals surface area contributed by atoms with Crippen LogP contribution in [0.2, 0.25) is 0 Å². The summed E-state index contributed by atoms with van der Waals surface area (Å²) in [5, 5.41) is 7.34. The van der Waals surface area contributed by atoms with Crippen molar-refractivity contribution in [1.82, 2.24) is 5.32 Å². The van der Waals surface area contributed by atoms with E-state index in [-0.39, 0.29) is 16.5 Å². The van der Waals surface area contributed by atoms with Crippen molar-refractivity contribution in [2.24, 2.45) is 5.14 Å². The fourth-order valence-corrected chi connectivity index (χ4v) is 1.72. The minimum atomic E-state index is -3.96. The number of rotatable bonds is 3. The van der Waals surface area contributed by atoms with Crippen molar-refractivity contribution >= 4 is 15.9 Å². The lowest BCUT2D eigenvalue weighted by Crippen LogP contribution is -2.30. The third-order valence-electron chi connectivity index (χ3n) is 1.93. The molecule has 0 saturated carbocycles. The molecule has 0 aliphatic heterocycles. The van der Waals surface area contributed by atoms with E-state index in [1.165, 1.54) is 0 Å². The van der Waals surface area contributed by atoms with Crippen LogP contribution in [0.3, 0.4) is 0 Å². The largest absolute Gasteiger partial charge is 0.350 e. The first-order valence-electron chi connectivity index (χ1n) is 4.85. The lowest BCUT2D eigenvalue weighted by atomic mass is 10.2. The molecule has 1 aromatic carbocycles. The van der Waals surface area contributed by atoms with Crippen molar-refractivity contribution in [2.75, 3.05) is 0 Å². The number of amides is 1. The van der Waals surface area contributed by atoms with Gasteiger partial charge in [-0.15, -0.1) is 0 Å². The average Bonchev–Trinajstić information content (AvgIpc) is 2.14. The lowest BCUT2D eigenvalue weighted by molar-refractivity contribution is 0.0939. The molecule has 5 nitrogen and oxygen atoms in total. The smallest absolute Gasteiger partial charge is 0.254 e. The molecule has 7 heteroatoms. The molecule has 0 saturated heterocycles. The predicted octanol–water partition coefficient (Wildman–Crippen LogP) is 0.611. The number of hydrogen-bond donors (Lipinski definition) is 2. The van der Waals surface area contributed by atoms with Gasteiger partial charge >= 0.3 is 0 Å². The SMILES string of the molecule is CC(C)NC(=O)c1ccc(S(N)(=O)=O)cc1F. The van der Waals surface area contributed by atoms with Crippen LogP contribution in [0.1, 0.15) is 24.2 Å². The summed E-state index contributed by atoms with van der Waals surface area (Å²) >= 11 is 0. The second kappa shape index (κ2) is 4.80. The van der Waals surface area contributed by atoms with Crippen molar-refractivity contribution in [3.63, 3.8) is 0 Å². The zero-order valence-electron chi connectivity index (χ0n) is 9.40. The van der Waals surface area contributed by atoms with Crippen LogP contribution in [0.25, 0.3) is 0 Å². The van der Waals surface area contributed by atoms with Gasteiger partial charge in [0.2, 0.25) is 10.0 Å². The highest BCUT2D eigenvalue weighted by atomic mass is 32.2. The molecular weight excluding hydrogens is 247 g/mol. The quantitative estimate of drug-likeness (QED) is 0.834. The maximum atomic E-state index is 13.5. The fourth-order valence-electron chi connectivity index (χ4n) is 1.20. The molecule has 1 amide bonds. The second-order valence-corrected chi connectivity index (χ2v) is 5.38. The number of nitrogens with two attached hydrogens (primary N) is 1. The molecule has 0 aliphatic carbocycles. The summed E-state index contributed by atoms with van der Waals surface area (Å²) in [5.74, 6) is -1.52. The molecule has 0 fully saturated rings. The minimum absolute atomic E-state index is 0.139. The summed E-state index contributed by atoms with van der Waals surface area (Å²) in [7, 11) is -3.96. The minimum Gasteiger partial charge on any atom is -0.350 e. The zero-order chi connectivity index (χ0) is 13.2. The van der Waals surface area contributed by atoms with Gasteiger partial charge in [-0.2, -0.15) is 0 Å². The Morgan fingerprint density at radius 2 is 2.00 bits per heavy atom. The number of carbonyl (C=O) groups is 1. The van der Waals surface area contributed by atoms with Crippen LogP contribution in [0.4, 0.5) is 4.39 Å². The van der Waals surface area contributed by atoms with Crippen LogP contribution in [0.15, 0.2) is 23.1 Å². The van der Waals surface area contributed by atoms with Crippen molar-refractivity contribution < 1.29 is 17.6 Å². The van der Waals surface area contributed by atoms with Gasteiger partial charge < -0.3 is 5.32 Å². The van der Waals surface area contributed by atoms with Gasteiger partial charge in [0.05, 0.1) is 10.5 Å². The summed E-state index contributed by atoms with van der Waals surface area (Å²) in [5.41, 5.74) is -0.217. The van der Waals surface area contributed by atoms with E-state index >= 15 is 0 Å². The third-order valence-corrected chi connectivity index (χ3v) is 2.84. The summed E-state index contributed by atoms with van der Waals surface area (Å²) in [6.45, 7) is 3.46. The summed E-state index contributed by atoms with van der Waals surface area (Å²) in [6.07, 6.45) is 0. The van der Waals surface area contributed by atoms with E-state index < -0.39 is 21.7 Å². The normalized spacial score (nSPS) is 11.6. The van der Waals surface area contributed by atoms with Crippen LogP contribution < -0.4 is 10.5 Å². The molecule has 1 rings (SSSR count). The highest BCUT2D eigenvalue weighted by Crippen LogP contribution is 2.13. The molecule has 0 unspecified atom stereocenters. The van der Waals surface area contributed by atoms with Crippen LogP contribution in [0, 0.1) is 5.82 Å². The first-order valence-corrected chi connectivity index (χ1v) is 6.39. The van der Waals surface area contributed by atoms with E-state index in [9.17, 15) is 17.6 Å². The maximum absolute atomic E-state index is 13.5. The van der Waals surface area contributed by atoms with Gasteiger partial charge in [-0.3, -0.25) is 4.79 Å². The zero-order valence-corrected chi connectivity index (χ0v) is 10.2. The number of hydrogen-bond acceptors (Lipinski definition) is 3. The number of benzene rings is 1. The molecule has 1 aromatic rings. The first kappa shape index (κ1) is 13.6. The number of primary sulfonamides is 1. The number of halogens is 1. The van der Waals surface area contributed by atoms with Gasteiger partial charge in [0.1, 0.15) is 5.82 Å². The van der Waals surface area contributed by atoms with Gasteiger partial charge in [0.25, 0.3) is 5.91 Å². The molecule has 0 spiro atoms. The van der Waals surface area contributed by atoms with Gasteiger partial charge in [0, 0.05) is 6.04 Å². The molecule has 0 atom stereocenters. The van der Waals surface area contributed by atoms with E-state index in [0.717, 1.165) is 18.2 Å². The fraction of sp³-hybridized carbons (Fsp3) is 0.300. The topological polar surface area (TPSA) is 89.3 Å². The Kier molecular flexibility index (Phi) is 3.84. The van der Waals surface area contributed by atoms with Crippen molar-refractivity contribution in [2.45, 2.75) is 24.8 Å². The van der Waals surface area contributed by atoms with E-state index in [1.807, 2.05) is 0 Å². The van der Waals surface area contributed by atoms with Crippen LogP contribution >= 0.6 is 0 Å². The highest BCUT2D eigenvalue weighted by Gasteiger charge is 2.16. The summed E-state index contributed by atoms with van der Waals surface area (Å²) in [6, 6.07) is 2.77. The maximum Gasteiger partial charge on any atom is 0.254 e. The third kappa shape index (κ3) is 3.50. The Bertz CT molecular complexity index is 540. The number of sulfonamides is 1. The number of carbonyl (C=O) groups excluding carboxylic acids is 1. The summed E-state index contributed by atoms with van der Waals surface area (Å²) in [4.78, 5) is 11.1. The molecule has 94 valence electrons. The van der Waals surface area contributed by atoms with Crippen LogP contribution in [-0.4, -0.2) is 20.4 Å². The van der Waals surface area contributed by atoms with Gasteiger partial charge in [-0.05, 0) is 32.0 Å². The van der Waals surface area contributed by atoms with E-state index in [4.69, 9.17) is 5.14 Å². The number of nitrogens with one attached hydrogen (secondary N) is 1. The monoisotopic (exact) mass is 260 g/mol. The standard InChI is InChI=1S/C10H13FN2O3S/c1-6(2)13-10(14)8-4-3-7(5-9(8)11)17(12,15)16/h3-6H,1-2H3,(H,13,14)(H2,12,15,16). The van der Waals surface area contributed by atoms with E-state index in [0.29, 0.717) is 0 Å². The molecule has 0 aromatic heterocycles. The molecule has 0 radical (unpaired) electrons. The first-order chi connectivity index (χ1) is 7.71. The summed E-state index contributed by atoms with van der Waals surface area (Å²) < 4.78 is 35.4. The van der Waals surface area contributed by atoms with Gasteiger partial charge in [-0.25, -0.2) is 17.9 Å². The molecule has 17 heavy (non-hydrogen) atoms. The van der Waals surface area contributed by atoms with Crippen molar-refractivity contribution in [1.29, 1.82) is 0 Å². The Hall–Kier alpha value is -1.47. The van der Waals surface area contributed by atoms with E-state index in [2.05, 4.69) is 5.32 Å². The van der Waals surface area contributed by atoms with Crippen molar-refractivity contribution in [3.05, 3.63) is 29.6 Å². The van der Waals surface area contributed by atoms with Crippen LogP contribution in [0.5, 0.6) is 0 Å². The Morgan fingerprint density at radius 3 is 2.41 bits per heavy atom. The second-order valence-electron chi connectivity index (χ2n) is 3.81. The Balaban J connectivity index is 3.11.